The minimum atomic E-state index is -0.794. The Bertz CT molecular complexity index is 1540. The Balaban J connectivity index is 4.24. The van der Waals surface area contributed by atoms with E-state index in [1.165, 1.54) is 180 Å². The number of hydrogen-bond donors (Lipinski definition) is 0. The predicted octanol–water partition coefficient (Wildman–Crippen LogP) is 23.2. The van der Waals surface area contributed by atoms with Crippen LogP contribution in [-0.2, 0) is 28.6 Å². The van der Waals surface area contributed by atoms with Gasteiger partial charge in [0.25, 0.3) is 0 Å². The molecule has 1 unspecified atom stereocenters. The molecule has 0 aliphatic carbocycles. The van der Waals surface area contributed by atoms with Crippen LogP contribution in [-0.4, -0.2) is 37.2 Å². The summed E-state index contributed by atoms with van der Waals surface area (Å²) in [7, 11) is 0. The molecule has 454 valence electrons. The highest BCUT2D eigenvalue weighted by Crippen LogP contribution is 2.17. The van der Waals surface area contributed by atoms with Gasteiger partial charge in [0, 0.05) is 19.3 Å². The Kier molecular flexibility index (Phi) is 63.7. The Morgan fingerprint density at radius 1 is 0.266 bits per heavy atom. The van der Waals surface area contributed by atoms with Crippen LogP contribution in [0.1, 0.15) is 329 Å². The molecule has 0 heterocycles. The van der Waals surface area contributed by atoms with E-state index in [1.807, 2.05) is 0 Å². The van der Waals surface area contributed by atoms with E-state index in [0.717, 1.165) is 109 Å². The van der Waals surface area contributed by atoms with Crippen molar-refractivity contribution in [2.24, 2.45) is 0 Å². The van der Waals surface area contributed by atoms with Crippen LogP contribution in [0.5, 0.6) is 0 Å². The minimum Gasteiger partial charge on any atom is -0.462 e. The maximum absolute atomic E-state index is 12.9. The smallest absolute Gasteiger partial charge is 0.306 e. The van der Waals surface area contributed by atoms with Crippen molar-refractivity contribution < 1.29 is 28.6 Å². The van der Waals surface area contributed by atoms with E-state index >= 15 is 0 Å². The SMILES string of the molecule is CC/C=C\C/C=C\C/C=C\C/C=C\C/C=C\C/C=C\C/C=C\CCCCCC(=O)OC(COC(=O)CCCCCCCCCCC)COC(=O)CCCCCCCCCCCCCCCCC/C=C\CCCCCCCCCC. The average molecular weight is 1100 g/mol. The van der Waals surface area contributed by atoms with Gasteiger partial charge in [-0.3, -0.25) is 14.4 Å². The highest BCUT2D eigenvalue weighted by atomic mass is 16.6. The van der Waals surface area contributed by atoms with Crippen LogP contribution in [0.2, 0.25) is 0 Å². The van der Waals surface area contributed by atoms with Gasteiger partial charge in [-0.25, -0.2) is 0 Å². The lowest BCUT2D eigenvalue weighted by molar-refractivity contribution is -0.167. The molecule has 0 saturated heterocycles. The van der Waals surface area contributed by atoms with Crippen molar-refractivity contribution in [2.75, 3.05) is 13.2 Å². The number of allylic oxidation sites excluding steroid dienone is 16. The topological polar surface area (TPSA) is 78.9 Å². The Morgan fingerprint density at radius 2 is 0.494 bits per heavy atom. The summed E-state index contributed by atoms with van der Waals surface area (Å²) in [4.78, 5) is 38.2. The van der Waals surface area contributed by atoms with E-state index < -0.39 is 6.10 Å². The number of carbonyl (C=O) groups excluding carboxylic acids is 3. The maximum atomic E-state index is 12.9. The molecule has 79 heavy (non-hydrogen) atoms. The quantitative estimate of drug-likeness (QED) is 0.0261. The second kappa shape index (κ2) is 66.8. The summed E-state index contributed by atoms with van der Waals surface area (Å²) in [6.07, 6.45) is 90.1. The molecule has 1 atom stereocenters. The summed E-state index contributed by atoms with van der Waals surface area (Å²) in [5, 5.41) is 0. The molecule has 0 fully saturated rings. The standard InChI is InChI=1S/C73H126O6/c1-4-7-10-13-16-19-21-23-25-27-29-31-33-35-36-38-39-41-43-45-47-49-51-54-57-60-63-66-72(75)78-69-70(68-77-71(74)65-62-59-56-53-18-15-12-9-6-3)79-73(76)67-64-61-58-55-52-50-48-46-44-42-40-37-34-32-30-28-26-24-22-20-17-14-11-8-5-2/h8,11,17,20,24,26-27,29-30,32,37,40,44,46,50,52,70H,4-7,9-10,12-16,18-19,21-23,25,28,31,33-36,38-39,41-43,45,47-49,51,53-69H2,1-3H3/b11-8-,20-17-,26-24-,29-27-,32-30-,40-37-,46-44-,52-50-. The molecule has 0 rings (SSSR count). The van der Waals surface area contributed by atoms with E-state index in [9.17, 15) is 14.4 Å². The molecule has 0 aromatic heterocycles. The largest absolute Gasteiger partial charge is 0.462 e. The fourth-order valence-corrected chi connectivity index (χ4v) is 9.54. The van der Waals surface area contributed by atoms with Crippen molar-refractivity contribution in [3.8, 4) is 0 Å². The summed E-state index contributed by atoms with van der Waals surface area (Å²) < 4.78 is 16.9. The zero-order valence-corrected chi connectivity index (χ0v) is 52.1. The van der Waals surface area contributed by atoms with Crippen LogP contribution >= 0.6 is 0 Å². The van der Waals surface area contributed by atoms with Crippen molar-refractivity contribution in [2.45, 2.75) is 335 Å². The zero-order chi connectivity index (χ0) is 57.1. The molecule has 0 aliphatic heterocycles. The van der Waals surface area contributed by atoms with Gasteiger partial charge < -0.3 is 14.2 Å². The number of ether oxygens (including phenoxy) is 3. The van der Waals surface area contributed by atoms with Gasteiger partial charge >= 0.3 is 17.9 Å². The fraction of sp³-hybridized carbons (Fsp3) is 0.740. The van der Waals surface area contributed by atoms with E-state index in [0.29, 0.717) is 12.8 Å². The predicted molar refractivity (Wildman–Crippen MR) is 344 cm³/mol. The Morgan fingerprint density at radius 3 is 0.797 bits per heavy atom. The number of esters is 3. The van der Waals surface area contributed by atoms with Crippen LogP contribution in [0.4, 0.5) is 0 Å². The van der Waals surface area contributed by atoms with Gasteiger partial charge in [0.2, 0.25) is 0 Å². The average Bonchev–Trinajstić information content (AvgIpc) is 3.45. The van der Waals surface area contributed by atoms with Gasteiger partial charge in [0.1, 0.15) is 13.2 Å². The molecule has 6 heteroatoms. The van der Waals surface area contributed by atoms with Crippen LogP contribution < -0.4 is 0 Å². The summed E-state index contributed by atoms with van der Waals surface area (Å²) in [6.45, 7) is 6.51. The van der Waals surface area contributed by atoms with Crippen molar-refractivity contribution in [1.29, 1.82) is 0 Å². The van der Waals surface area contributed by atoms with Crippen LogP contribution in [0.25, 0.3) is 0 Å². The molecular formula is C73H126O6. The summed E-state index contributed by atoms with van der Waals surface area (Å²) in [5.74, 6) is -0.913. The van der Waals surface area contributed by atoms with Crippen molar-refractivity contribution in [1.82, 2.24) is 0 Å². The molecule has 0 aromatic rings. The molecule has 0 aliphatic rings. The van der Waals surface area contributed by atoms with Gasteiger partial charge in [-0.15, -0.1) is 0 Å². The molecular weight excluding hydrogens is 973 g/mol. The van der Waals surface area contributed by atoms with Crippen LogP contribution in [0.15, 0.2) is 97.2 Å². The third-order valence-electron chi connectivity index (χ3n) is 14.6. The summed E-state index contributed by atoms with van der Waals surface area (Å²) >= 11 is 0. The second-order valence-corrected chi connectivity index (χ2v) is 22.4. The van der Waals surface area contributed by atoms with Gasteiger partial charge in [-0.05, 0) is 103 Å². The number of hydrogen-bond acceptors (Lipinski definition) is 6. The number of rotatable bonds is 61. The van der Waals surface area contributed by atoms with Crippen molar-refractivity contribution in [3.63, 3.8) is 0 Å². The van der Waals surface area contributed by atoms with Crippen molar-refractivity contribution >= 4 is 17.9 Å². The molecule has 0 spiro atoms. The first kappa shape index (κ1) is 75.3. The fourth-order valence-electron chi connectivity index (χ4n) is 9.54. The van der Waals surface area contributed by atoms with Crippen LogP contribution in [0.3, 0.4) is 0 Å². The highest BCUT2D eigenvalue weighted by Gasteiger charge is 2.19. The maximum Gasteiger partial charge on any atom is 0.306 e. The monoisotopic (exact) mass is 1100 g/mol. The second-order valence-electron chi connectivity index (χ2n) is 22.4. The number of unbranched alkanes of at least 4 members (excludes halogenated alkanes) is 34. The van der Waals surface area contributed by atoms with E-state index in [1.54, 1.807) is 0 Å². The molecule has 0 bridgehead atoms. The molecule has 0 amide bonds. The third-order valence-corrected chi connectivity index (χ3v) is 14.6. The highest BCUT2D eigenvalue weighted by molar-refractivity contribution is 5.71. The summed E-state index contributed by atoms with van der Waals surface area (Å²) in [6, 6.07) is 0. The lowest BCUT2D eigenvalue weighted by Gasteiger charge is -2.18. The first-order chi connectivity index (χ1) is 39.0. The zero-order valence-electron chi connectivity index (χ0n) is 52.1. The van der Waals surface area contributed by atoms with Crippen LogP contribution in [0, 0.1) is 0 Å². The Hall–Kier alpha value is -3.67. The van der Waals surface area contributed by atoms with Crippen molar-refractivity contribution in [3.05, 3.63) is 97.2 Å². The third kappa shape index (κ3) is 65.0. The molecule has 0 aromatic carbocycles. The molecule has 0 saturated carbocycles. The van der Waals surface area contributed by atoms with Gasteiger partial charge in [-0.1, -0.05) is 304 Å². The van der Waals surface area contributed by atoms with E-state index in [4.69, 9.17) is 14.2 Å². The van der Waals surface area contributed by atoms with E-state index in [-0.39, 0.29) is 37.5 Å². The lowest BCUT2D eigenvalue weighted by atomic mass is 10.0. The Labute approximate surface area is 489 Å². The first-order valence-corrected chi connectivity index (χ1v) is 33.7. The van der Waals surface area contributed by atoms with Gasteiger partial charge in [-0.2, -0.15) is 0 Å². The molecule has 6 nitrogen and oxygen atoms in total. The van der Waals surface area contributed by atoms with Gasteiger partial charge in [0.05, 0.1) is 0 Å². The lowest BCUT2D eigenvalue weighted by Crippen LogP contribution is -2.30. The minimum absolute atomic E-state index is 0.0885. The number of carbonyl (C=O) groups is 3. The first-order valence-electron chi connectivity index (χ1n) is 33.7. The van der Waals surface area contributed by atoms with E-state index in [2.05, 4.69) is 118 Å². The summed E-state index contributed by atoms with van der Waals surface area (Å²) in [5.41, 5.74) is 0. The van der Waals surface area contributed by atoms with Gasteiger partial charge in [0.15, 0.2) is 6.10 Å². The normalized spacial score (nSPS) is 12.7. The molecule has 0 N–H and O–H groups in total. The molecule has 0 radical (unpaired) electrons.